The predicted molar refractivity (Wildman–Crippen MR) is 147 cm³/mol. The predicted octanol–water partition coefficient (Wildman–Crippen LogP) is 6.22. The molecule has 4 rings (SSSR count). The van der Waals surface area contributed by atoms with Gasteiger partial charge in [-0.25, -0.2) is 13.8 Å². The molecule has 0 spiro atoms. The first-order valence-electron chi connectivity index (χ1n) is 11.2. The number of hydrazone groups is 1. The number of nitrogens with zero attached hydrogens (tertiary/aromatic N) is 2. The Morgan fingerprint density at radius 3 is 2.43 bits per heavy atom. The topological polar surface area (TPSA) is 92.0 Å². The molecular weight excluding hydrogens is 533 g/mol. The summed E-state index contributed by atoms with van der Waals surface area (Å²) in [7, 11) is -4.01. The number of hydrogen-bond donors (Lipinski definition) is 1. The van der Waals surface area contributed by atoms with Crippen LogP contribution in [0.3, 0.4) is 0 Å². The molecule has 0 bridgehead atoms. The lowest BCUT2D eigenvalue weighted by Gasteiger charge is -2.24. The van der Waals surface area contributed by atoms with Crippen molar-refractivity contribution in [1.82, 2.24) is 5.43 Å². The minimum Gasteiger partial charge on any atom is -0.455 e. The average molecular weight is 556 g/mol. The molecule has 10 heteroatoms. The summed E-state index contributed by atoms with van der Waals surface area (Å²) in [6.07, 6.45) is 1.32. The number of amides is 1. The first kappa shape index (κ1) is 26.5. The van der Waals surface area contributed by atoms with Crippen molar-refractivity contribution in [3.63, 3.8) is 0 Å². The summed E-state index contributed by atoms with van der Waals surface area (Å²) in [5.74, 6) is 0.245. The molecule has 0 radical (unpaired) electrons. The molecule has 4 aromatic rings. The number of anilines is 1. The second-order valence-electron chi connectivity index (χ2n) is 8.28. The molecule has 0 fully saturated rings. The van der Waals surface area contributed by atoms with Gasteiger partial charge in [0.1, 0.15) is 18.1 Å². The molecule has 1 N–H and O–H groups in total. The maximum atomic E-state index is 13.4. The van der Waals surface area contributed by atoms with Gasteiger partial charge in [-0.2, -0.15) is 5.10 Å². The molecule has 0 saturated carbocycles. The number of halogens is 2. The van der Waals surface area contributed by atoms with Crippen LogP contribution in [0, 0.1) is 13.8 Å². The van der Waals surface area contributed by atoms with Gasteiger partial charge in [0.15, 0.2) is 0 Å². The van der Waals surface area contributed by atoms with Crippen LogP contribution in [0.2, 0.25) is 10.0 Å². The van der Waals surface area contributed by atoms with Gasteiger partial charge in [-0.05, 0) is 74.0 Å². The van der Waals surface area contributed by atoms with Gasteiger partial charge in [0.25, 0.3) is 15.9 Å². The van der Waals surface area contributed by atoms with Crippen molar-refractivity contribution in [3.05, 3.63) is 106 Å². The standard InChI is InChI=1S/C27H23Cl2N3O4S/c1-18-6-10-23(11-7-18)37(34,35)32(21-5-3-4-19(2)14-21)17-27(33)31-30-16-22-9-13-26(36-22)24-12-8-20(28)15-25(24)29/h3-16H,17H2,1-2H3,(H,31,33)/b30-16-. The Bertz CT molecular complexity index is 1560. The van der Waals surface area contributed by atoms with Gasteiger partial charge in [0.05, 0.1) is 21.8 Å². The summed E-state index contributed by atoms with van der Waals surface area (Å²) in [4.78, 5) is 12.8. The Morgan fingerprint density at radius 1 is 0.973 bits per heavy atom. The number of nitrogens with one attached hydrogen (secondary N) is 1. The van der Waals surface area contributed by atoms with Gasteiger partial charge in [0.2, 0.25) is 0 Å². The SMILES string of the molecule is Cc1ccc(S(=O)(=O)N(CC(=O)N/N=C\c2ccc(-c3ccc(Cl)cc3Cl)o2)c2cccc(C)c2)cc1. The van der Waals surface area contributed by atoms with E-state index in [0.29, 0.717) is 32.8 Å². The zero-order chi connectivity index (χ0) is 26.6. The summed E-state index contributed by atoms with van der Waals surface area (Å²) in [6, 6.07) is 21.8. The Balaban J connectivity index is 1.50. The minimum atomic E-state index is -4.01. The van der Waals surface area contributed by atoms with Gasteiger partial charge in [-0.15, -0.1) is 0 Å². The molecule has 1 aromatic heterocycles. The van der Waals surface area contributed by atoms with Crippen LogP contribution < -0.4 is 9.73 Å². The van der Waals surface area contributed by atoms with Crippen LogP contribution >= 0.6 is 23.2 Å². The Hall–Kier alpha value is -3.59. The third-order valence-corrected chi connectivity index (χ3v) is 7.73. The maximum absolute atomic E-state index is 13.4. The van der Waals surface area contributed by atoms with E-state index in [2.05, 4.69) is 10.5 Å². The van der Waals surface area contributed by atoms with Gasteiger partial charge >= 0.3 is 0 Å². The van der Waals surface area contributed by atoms with Crippen molar-refractivity contribution in [1.29, 1.82) is 0 Å². The molecule has 1 amide bonds. The largest absolute Gasteiger partial charge is 0.455 e. The van der Waals surface area contributed by atoms with Crippen molar-refractivity contribution in [2.75, 3.05) is 10.8 Å². The summed E-state index contributed by atoms with van der Waals surface area (Å²) >= 11 is 12.2. The van der Waals surface area contributed by atoms with Crippen molar-refractivity contribution in [2.45, 2.75) is 18.7 Å². The maximum Gasteiger partial charge on any atom is 0.264 e. The summed E-state index contributed by atoms with van der Waals surface area (Å²) in [5.41, 5.74) is 5.17. The van der Waals surface area contributed by atoms with Gasteiger partial charge in [-0.3, -0.25) is 9.10 Å². The number of carbonyl (C=O) groups excluding carboxylic acids is 1. The zero-order valence-corrected chi connectivity index (χ0v) is 22.3. The zero-order valence-electron chi connectivity index (χ0n) is 20.0. The number of hydrogen-bond acceptors (Lipinski definition) is 5. The molecule has 37 heavy (non-hydrogen) atoms. The third kappa shape index (κ3) is 6.40. The van der Waals surface area contributed by atoms with Crippen LogP contribution in [0.5, 0.6) is 0 Å². The lowest BCUT2D eigenvalue weighted by atomic mass is 10.2. The number of furan rings is 1. The van der Waals surface area contributed by atoms with E-state index in [1.807, 2.05) is 19.9 Å². The average Bonchev–Trinajstić information content (AvgIpc) is 3.31. The number of sulfonamides is 1. The van der Waals surface area contributed by atoms with E-state index in [1.54, 1.807) is 60.7 Å². The van der Waals surface area contributed by atoms with Crippen molar-refractivity contribution >= 4 is 51.0 Å². The molecule has 3 aromatic carbocycles. The smallest absolute Gasteiger partial charge is 0.264 e. The molecule has 0 aliphatic heterocycles. The Labute approximate surface area is 225 Å². The lowest BCUT2D eigenvalue weighted by molar-refractivity contribution is -0.119. The quantitative estimate of drug-likeness (QED) is 0.206. The fraction of sp³-hybridized carbons (Fsp3) is 0.111. The highest BCUT2D eigenvalue weighted by atomic mass is 35.5. The fourth-order valence-electron chi connectivity index (χ4n) is 3.53. The Kier molecular flexibility index (Phi) is 8.02. The van der Waals surface area contributed by atoms with Crippen LogP contribution in [0.4, 0.5) is 5.69 Å². The second-order valence-corrected chi connectivity index (χ2v) is 11.0. The highest BCUT2D eigenvalue weighted by Crippen LogP contribution is 2.31. The van der Waals surface area contributed by atoms with Crippen LogP contribution in [-0.2, 0) is 14.8 Å². The molecule has 190 valence electrons. The number of rotatable bonds is 8. The van der Waals surface area contributed by atoms with Crippen LogP contribution in [0.1, 0.15) is 16.9 Å². The van der Waals surface area contributed by atoms with Crippen molar-refractivity contribution < 1.29 is 17.6 Å². The summed E-state index contributed by atoms with van der Waals surface area (Å²) < 4.78 is 33.7. The van der Waals surface area contributed by atoms with Crippen molar-refractivity contribution in [3.8, 4) is 11.3 Å². The molecule has 1 heterocycles. The van der Waals surface area contributed by atoms with E-state index in [-0.39, 0.29) is 4.90 Å². The van der Waals surface area contributed by atoms with Crippen LogP contribution in [0.15, 0.2) is 93.3 Å². The fourth-order valence-corrected chi connectivity index (χ4v) is 5.44. The molecule has 0 saturated heterocycles. The van der Waals surface area contributed by atoms with Gasteiger partial charge < -0.3 is 4.42 Å². The minimum absolute atomic E-state index is 0.0832. The first-order chi connectivity index (χ1) is 17.6. The number of carbonyl (C=O) groups is 1. The third-order valence-electron chi connectivity index (χ3n) is 5.39. The molecule has 0 atom stereocenters. The van der Waals surface area contributed by atoms with Gasteiger partial charge in [0, 0.05) is 10.6 Å². The van der Waals surface area contributed by atoms with E-state index in [4.69, 9.17) is 27.6 Å². The molecule has 0 aliphatic carbocycles. The number of benzene rings is 3. The molecule has 0 aliphatic rings. The van der Waals surface area contributed by atoms with E-state index in [1.165, 1.54) is 18.3 Å². The van der Waals surface area contributed by atoms with Gasteiger partial charge in [-0.1, -0.05) is 53.0 Å². The lowest BCUT2D eigenvalue weighted by Crippen LogP contribution is -2.39. The van der Waals surface area contributed by atoms with E-state index < -0.39 is 22.5 Å². The molecular formula is C27H23Cl2N3O4S. The van der Waals surface area contributed by atoms with E-state index in [9.17, 15) is 13.2 Å². The second kappa shape index (κ2) is 11.2. The van der Waals surface area contributed by atoms with Crippen molar-refractivity contribution in [2.24, 2.45) is 5.10 Å². The van der Waals surface area contributed by atoms with Crippen LogP contribution in [-0.4, -0.2) is 27.1 Å². The highest BCUT2D eigenvalue weighted by molar-refractivity contribution is 7.92. The van der Waals surface area contributed by atoms with E-state index in [0.717, 1.165) is 15.4 Å². The normalized spacial score (nSPS) is 11.6. The number of aryl methyl sites for hydroxylation is 2. The summed E-state index contributed by atoms with van der Waals surface area (Å²) in [5, 5.41) is 4.87. The van der Waals surface area contributed by atoms with E-state index >= 15 is 0 Å². The first-order valence-corrected chi connectivity index (χ1v) is 13.4. The molecule has 7 nitrogen and oxygen atoms in total. The summed E-state index contributed by atoms with van der Waals surface area (Å²) in [6.45, 7) is 3.24. The highest BCUT2D eigenvalue weighted by Gasteiger charge is 2.27. The monoisotopic (exact) mass is 555 g/mol. The Morgan fingerprint density at radius 2 is 1.73 bits per heavy atom. The van der Waals surface area contributed by atoms with Crippen LogP contribution in [0.25, 0.3) is 11.3 Å². The molecule has 0 unspecified atom stereocenters.